The molecule has 4 amide bonds. The maximum absolute atomic E-state index is 13.0. The Bertz CT molecular complexity index is 1570. The highest BCUT2D eigenvalue weighted by molar-refractivity contribution is 6.35. The van der Waals surface area contributed by atoms with Gasteiger partial charge in [-0.15, -0.1) is 0 Å². The second kappa shape index (κ2) is 11.7. The summed E-state index contributed by atoms with van der Waals surface area (Å²) in [5, 5.41) is 10.7. The molecule has 0 bridgehead atoms. The summed E-state index contributed by atoms with van der Waals surface area (Å²) in [5.41, 5.74) is 3.50. The summed E-state index contributed by atoms with van der Waals surface area (Å²) in [6.07, 6.45) is -0.460. The van der Waals surface area contributed by atoms with Crippen LogP contribution in [0.25, 0.3) is 11.6 Å². The van der Waals surface area contributed by atoms with Gasteiger partial charge in [0.15, 0.2) is 0 Å². The van der Waals surface area contributed by atoms with Crippen molar-refractivity contribution in [1.82, 2.24) is 15.2 Å². The van der Waals surface area contributed by atoms with Crippen molar-refractivity contribution in [3.63, 3.8) is 0 Å². The molecule has 0 unspecified atom stereocenters. The molecule has 2 aliphatic heterocycles. The van der Waals surface area contributed by atoms with Gasteiger partial charge >= 0.3 is 12.2 Å². The van der Waals surface area contributed by atoms with Crippen LogP contribution in [0, 0.1) is 13.8 Å². The van der Waals surface area contributed by atoms with Crippen LogP contribution >= 0.6 is 0 Å². The minimum absolute atomic E-state index is 0.0155. The first kappa shape index (κ1) is 28.9. The van der Waals surface area contributed by atoms with Gasteiger partial charge < -0.3 is 31.2 Å². The van der Waals surface area contributed by atoms with E-state index < -0.39 is 17.8 Å². The SMILES string of the molecule is Cc1[nH]c(/C=C2\C(=O)Nc3cc(NC(=O)Nc4cccc(C(F)(F)F)c4)ccc32)c(C)c1C(=O)NCCN1CCCC1. The van der Waals surface area contributed by atoms with Gasteiger partial charge in [0.25, 0.3) is 11.8 Å². The molecule has 0 spiro atoms. The fourth-order valence-electron chi connectivity index (χ4n) is 5.31. The van der Waals surface area contributed by atoms with Crippen molar-refractivity contribution < 1.29 is 27.6 Å². The van der Waals surface area contributed by atoms with E-state index in [4.69, 9.17) is 0 Å². The molecule has 1 aromatic heterocycles. The summed E-state index contributed by atoms with van der Waals surface area (Å²) in [7, 11) is 0. The zero-order valence-corrected chi connectivity index (χ0v) is 23.2. The second-order valence-electron chi connectivity index (χ2n) is 10.4. The molecular formula is C30H31F3N6O3. The van der Waals surface area contributed by atoms with Crippen molar-refractivity contribution in [2.75, 3.05) is 42.1 Å². The van der Waals surface area contributed by atoms with Crippen LogP contribution in [0.3, 0.4) is 0 Å². The Balaban J connectivity index is 1.27. The number of likely N-dealkylation sites (tertiary alicyclic amines) is 1. The molecule has 5 N–H and O–H groups in total. The van der Waals surface area contributed by atoms with Gasteiger partial charge in [-0.2, -0.15) is 13.2 Å². The molecule has 0 aliphatic carbocycles. The maximum atomic E-state index is 13.0. The van der Waals surface area contributed by atoms with Crippen molar-refractivity contribution in [2.45, 2.75) is 32.9 Å². The predicted molar refractivity (Wildman–Crippen MR) is 155 cm³/mol. The highest BCUT2D eigenvalue weighted by Crippen LogP contribution is 2.36. The zero-order valence-electron chi connectivity index (χ0n) is 23.2. The van der Waals surface area contributed by atoms with E-state index in [-0.39, 0.29) is 17.5 Å². The number of hydrogen-bond donors (Lipinski definition) is 5. The largest absolute Gasteiger partial charge is 0.416 e. The molecule has 3 heterocycles. The number of carbonyl (C=O) groups excluding carboxylic acids is 3. The van der Waals surface area contributed by atoms with E-state index in [9.17, 15) is 27.6 Å². The second-order valence-corrected chi connectivity index (χ2v) is 10.4. The van der Waals surface area contributed by atoms with Crippen LogP contribution in [0.5, 0.6) is 0 Å². The van der Waals surface area contributed by atoms with Crippen molar-refractivity contribution in [1.29, 1.82) is 0 Å². The number of fused-ring (bicyclic) bond motifs is 1. The van der Waals surface area contributed by atoms with Gasteiger partial charge in [0.05, 0.1) is 22.4 Å². The van der Waals surface area contributed by atoms with Crippen LogP contribution in [-0.4, -0.2) is 53.9 Å². The molecule has 0 atom stereocenters. The quantitative estimate of drug-likeness (QED) is 0.234. The molecule has 220 valence electrons. The van der Waals surface area contributed by atoms with Gasteiger partial charge in [-0.1, -0.05) is 12.1 Å². The third-order valence-electron chi connectivity index (χ3n) is 7.41. The van der Waals surface area contributed by atoms with Gasteiger partial charge in [-0.25, -0.2) is 4.79 Å². The molecule has 42 heavy (non-hydrogen) atoms. The van der Waals surface area contributed by atoms with Crippen molar-refractivity contribution in [2.24, 2.45) is 0 Å². The normalized spacial score (nSPS) is 15.9. The lowest BCUT2D eigenvalue weighted by Gasteiger charge is -2.14. The Hall–Kier alpha value is -4.58. The highest BCUT2D eigenvalue weighted by atomic mass is 19.4. The van der Waals surface area contributed by atoms with Gasteiger partial charge in [0.2, 0.25) is 0 Å². The molecule has 1 fully saturated rings. The molecule has 9 nitrogen and oxygen atoms in total. The molecule has 0 saturated carbocycles. The van der Waals surface area contributed by atoms with E-state index in [1.54, 1.807) is 24.3 Å². The van der Waals surface area contributed by atoms with E-state index in [1.165, 1.54) is 25.0 Å². The lowest BCUT2D eigenvalue weighted by atomic mass is 10.0. The summed E-state index contributed by atoms with van der Waals surface area (Å²) in [6.45, 7) is 7.13. The van der Waals surface area contributed by atoms with E-state index in [0.29, 0.717) is 46.0 Å². The minimum atomic E-state index is -4.53. The summed E-state index contributed by atoms with van der Waals surface area (Å²) in [4.78, 5) is 43.8. The van der Waals surface area contributed by atoms with Gasteiger partial charge in [-0.3, -0.25) is 9.59 Å². The van der Waals surface area contributed by atoms with Crippen LogP contribution in [0.4, 0.5) is 35.0 Å². The van der Waals surface area contributed by atoms with E-state index in [0.717, 1.165) is 37.3 Å². The molecule has 1 saturated heterocycles. The molecule has 3 aromatic rings. The van der Waals surface area contributed by atoms with E-state index in [1.807, 2.05) is 13.8 Å². The lowest BCUT2D eigenvalue weighted by molar-refractivity contribution is -0.137. The first-order valence-electron chi connectivity index (χ1n) is 13.6. The number of alkyl halides is 3. The molecule has 12 heteroatoms. The fourth-order valence-corrected chi connectivity index (χ4v) is 5.31. The number of H-pyrrole nitrogens is 1. The average molecular weight is 581 g/mol. The Labute approximate surface area is 240 Å². The van der Waals surface area contributed by atoms with Crippen molar-refractivity contribution >= 4 is 46.6 Å². The molecule has 5 rings (SSSR count). The van der Waals surface area contributed by atoms with Crippen LogP contribution in [-0.2, 0) is 11.0 Å². The summed E-state index contributed by atoms with van der Waals surface area (Å²) in [5.74, 6) is -0.515. The highest BCUT2D eigenvalue weighted by Gasteiger charge is 2.30. The number of aromatic nitrogens is 1. The summed E-state index contributed by atoms with van der Waals surface area (Å²) in [6, 6.07) is 8.38. The Kier molecular flexibility index (Phi) is 8.08. The number of rotatable bonds is 7. The number of halogens is 3. The summed E-state index contributed by atoms with van der Waals surface area (Å²) >= 11 is 0. The van der Waals surface area contributed by atoms with Crippen LogP contribution < -0.4 is 21.3 Å². The molecule has 0 radical (unpaired) electrons. The molecule has 2 aliphatic rings. The van der Waals surface area contributed by atoms with Crippen LogP contribution in [0.1, 0.15) is 51.3 Å². The first-order chi connectivity index (χ1) is 20.0. The smallest absolute Gasteiger partial charge is 0.358 e. The van der Waals surface area contributed by atoms with E-state index in [2.05, 4.69) is 31.2 Å². The number of urea groups is 1. The lowest BCUT2D eigenvalue weighted by Crippen LogP contribution is -2.33. The number of carbonyl (C=O) groups is 3. The number of hydrogen-bond acceptors (Lipinski definition) is 4. The van der Waals surface area contributed by atoms with Gasteiger partial charge in [-0.05, 0) is 81.7 Å². The average Bonchev–Trinajstić information content (AvgIpc) is 3.62. The third kappa shape index (κ3) is 6.33. The Morgan fingerprint density at radius 3 is 2.45 bits per heavy atom. The van der Waals surface area contributed by atoms with Crippen LogP contribution in [0.2, 0.25) is 0 Å². The van der Waals surface area contributed by atoms with E-state index >= 15 is 0 Å². The van der Waals surface area contributed by atoms with Crippen molar-refractivity contribution in [3.05, 3.63) is 76.1 Å². The topological polar surface area (TPSA) is 118 Å². The predicted octanol–water partition coefficient (Wildman–Crippen LogP) is 5.61. The first-order valence-corrected chi connectivity index (χ1v) is 13.6. The number of aryl methyl sites for hydroxylation is 1. The standard InChI is InChI=1S/C30H31F3N6O3/c1-17-24(35-18(2)26(17)28(41)34-10-13-39-11-3-4-12-39)16-23-22-9-8-21(15-25(22)38-27(23)40)37-29(42)36-20-7-5-6-19(14-20)30(31,32)33/h5-9,14-16,35H,3-4,10-13H2,1-2H3,(H,34,41)(H,38,40)(H2,36,37,42)/b23-16-. The minimum Gasteiger partial charge on any atom is -0.358 e. The van der Waals surface area contributed by atoms with Crippen molar-refractivity contribution in [3.8, 4) is 0 Å². The third-order valence-corrected chi connectivity index (χ3v) is 7.41. The number of nitrogens with one attached hydrogen (secondary N) is 5. The number of anilines is 3. The number of benzene rings is 2. The van der Waals surface area contributed by atoms with Crippen LogP contribution in [0.15, 0.2) is 42.5 Å². The number of nitrogens with zero attached hydrogens (tertiary/aromatic N) is 1. The number of amides is 4. The summed E-state index contributed by atoms with van der Waals surface area (Å²) < 4.78 is 38.9. The molecular weight excluding hydrogens is 549 g/mol. The van der Waals surface area contributed by atoms with Gasteiger partial charge in [0, 0.05) is 41.4 Å². The molecule has 2 aromatic carbocycles. The maximum Gasteiger partial charge on any atom is 0.416 e. The Morgan fingerprint density at radius 2 is 1.74 bits per heavy atom. The zero-order chi connectivity index (χ0) is 30.0. The monoisotopic (exact) mass is 580 g/mol. The van der Waals surface area contributed by atoms with Gasteiger partial charge in [0.1, 0.15) is 0 Å². The number of aromatic amines is 1. The fraction of sp³-hybridized carbons (Fsp3) is 0.300. The Morgan fingerprint density at radius 1 is 1.02 bits per heavy atom.